The number of carboxylic acid groups (broad SMARTS) is 1. The summed E-state index contributed by atoms with van der Waals surface area (Å²) in [4.78, 5) is 12.2. The van der Waals surface area contributed by atoms with E-state index in [0.29, 0.717) is 13.0 Å². The zero-order valence-electron chi connectivity index (χ0n) is 11.3. The van der Waals surface area contributed by atoms with E-state index < -0.39 is 12.1 Å². The number of aliphatic carboxylic acids is 1. The molecule has 1 N–H and O–H groups in total. The van der Waals surface area contributed by atoms with Crippen LogP contribution in [0.2, 0.25) is 0 Å². The summed E-state index contributed by atoms with van der Waals surface area (Å²) in [6, 6.07) is 7.97. The van der Waals surface area contributed by atoms with Gasteiger partial charge in [0.15, 0.2) is 6.10 Å². The van der Waals surface area contributed by atoms with E-state index in [2.05, 4.69) is 6.08 Å². The van der Waals surface area contributed by atoms with Crippen LogP contribution in [-0.2, 0) is 16.0 Å². The fourth-order valence-electron chi connectivity index (χ4n) is 1.60. The fraction of sp³-hybridized carbons (Fsp3) is 0.400. The van der Waals surface area contributed by atoms with E-state index in [1.54, 1.807) is 18.7 Å². The van der Waals surface area contributed by atoms with E-state index in [-0.39, 0.29) is 0 Å². The largest absolute Gasteiger partial charge is 0.479 e. The maximum atomic E-state index is 11.0. The molecule has 19 heavy (non-hydrogen) atoms. The first-order valence-electron chi connectivity index (χ1n) is 6.34. The number of carbonyl (C=O) groups is 1. The number of ether oxygens (including phenoxy) is 1. The molecule has 0 aliphatic rings. The second-order valence-electron chi connectivity index (χ2n) is 4.01. The Kier molecular flexibility index (Phi) is 7.30. The van der Waals surface area contributed by atoms with Gasteiger partial charge < -0.3 is 9.84 Å². The number of allylic oxidation sites excluding steroid dienone is 1. The van der Waals surface area contributed by atoms with Gasteiger partial charge in [-0.15, -0.1) is 11.8 Å². The van der Waals surface area contributed by atoms with Crippen molar-refractivity contribution in [2.75, 3.05) is 12.4 Å². The topological polar surface area (TPSA) is 46.5 Å². The lowest BCUT2D eigenvalue weighted by Gasteiger charge is -2.12. The van der Waals surface area contributed by atoms with Gasteiger partial charge in [0.25, 0.3) is 0 Å². The lowest BCUT2D eigenvalue weighted by molar-refractivity contribution is -0.149. The molecule has 0 radical (unpaired) electrons. The smallest absolute Gasteiger partial charge is 0.333 e. The Hall–Kier alpha value is -1.26. The highest BCUT2D eigenvalue weighted by molar-refractivity contribution is 7.99. The van der Waals surface area contributed by atoms with E-state index in [1.165, 1.54) is 4.90 Å². The van der Waals surface area contributed by atoms with Crippen molar-refractivity contribution in [2.24, 2.45) is 0 Å². The van der Waals surface area contributed by atoms with Gasteiger partial charge >= 0.3 is 5.97 Å². The lowest BCUT2D eigenvalue weighted by Crippen LogP contribution is -2.26. The fourth-order valence-corrected chi connectivity index (χ4v) is 2.40. The number of hydrogen-bond donors (Lipinski definition) is 1. The molecule has 0 aliphatic carbocycles. The summed E-state index contributed by atoms with van der Waals surface area (Å²) in [5.41, 5.74) is 0.983. The summed E-state index contributed by atoms with van der Waals surface area (Å²) >= 11 is 1.75. The van der Waals surface area contributed by atoms with Crippen molar-refractivity contribution in [1.82, 2.24) is 0 Å². The third-order valence-electron chi connectivity index (χ3n) is 2.57. The van der Waals surface area contributed by atoms with Crippen molar-refractivity contribution in [3.05, 3.63) is 42.0 Å². The molecule has 0 fully saturated rings. The molecule has 0 bridgehead atoms. The van der Waals surface area contributed by atoms with E-state index in [4.69, 9.17) is 9.84 Å². The molecule has 3 nitrogen and oxygen atoms in total. The standard InChI is InChI=1S/C15H20O3S/c1-3-5-10-19-13-8-6-12(7-9-13)11-14(15(16)17)18-4-2/h3,5-9,14H,4,10-11H2,1-2H3,(H,16,17). The minimum atomic E-state index is -0.909. The SMILES string of the molecule is CC=CCSc1ccc(CC(OCC)C(=O)O)cc1. The van der Waals surface area contributed by atoms with Gasteiger partial charge in [-0.2, -0.15) is 0 Å². The van der Waals surface area contributed by atoms with Crippen molar-refractivity contribution < 1.29 is 14.6 Å². The Morgan fingerprint density at radius 1 is 1.42 bits per heavy atom. The first kappa shape index (κ1) is 15.8. The monoisotopic (exact) mass is 280 g/mol. The first-order valence-corrected chi connectivity index (χ1v) is 7.33. The Morgan fingerprint density at radius 2 is 2.11 bits per heavy atom. The van der Waals surface area contributed by atoms with Crippen LogP contribution in [0.4, 0.5) is 0 Å². The molecule has 1 aromatic carbocycles. The van der Waals surface area contributed by atoms with Gasteiger partial charge in [-0.25, -0.2) is 4.79 Å². The molecule has 1 unspecified atom stereocenters. The van der Waals surface area contributed by atoms with E-state index in [1.807, 2.05) is 37.3 Å². The van der Waals surface area contributed by atoms with Crippen LogP contribution in [-0.4, -0.2) is 29.5 Å². The molecule has 0 saturated heterocycles. The Bertz CT molecular complexity index is 412. The third-order valence-corrected chi connectivity index (χ3v) is 3.53. The van der Waals surface area contributed by atoms with Crippen LogP contribution < -0.4 is 0 Å². The summed E-state index contributed by atoms with van der Waals surface area (Å²) in [6.07, 6.45) is 3.78. The highest BCUT2D eigenvalue weighted by Crippen LogP contribution is 2.19. The maximum Gasteiger partial charge on any atom is 0.333 e. The predicted molar refractivity (Wildman–Crippen MR) is 78.7 cm³/mol. The minimum Gasteiger partial charge on any atom is -0.479 e. The van der Waals surface area contributed by atoms with Crippen molar-refractivity contribution in [3.8, 4) is 0 Å². The summed E-state index contributed by atoms with van der Waals surface area (Å²) in [5, 5.41) is 9.03. The molecule has 0 aliphatic heterocycles. The number of hydrogen-bond acceptors (Lipinski definition) is 3. The zero-order chi connectivity index (χ0) is 14.1. The lowest BCUT2D eigenvalue weighted by atomic mass is 10.1. The van der Waals surface area contributed by atoms with Gasteiger partial charge in [-0.1, -0.05) is 24.3 Å². The molecule has 1 atom stereocenters. The van der Waals surface area contributed by atoms with E-state index >= 15 is 0 Å². The van der Waals surface area contributed by atoms with Crippen LogP contribution >= 0.6 is 11.8 Å². The normalized spacial score (nSPS) is 12.7. The highest BCUT2D eigenvalue weighted by atomic mass is 32.2. The second-order valence-corrected chi connectivity index (χ2v) is 5.10. The molecule has 1 aromatic rings. The quantitative estimate of drug-likeness (QED) is 0.585. The van der Waals surface area contributed by atoms with Gasteiger partial charge in [0.1, 0.15) is 0 Å². The van der Waals surface area contributed by atoms with Crippen molar-refractivity contribution in [2.45, 2.75) is 31.3 Å². The van der Waals surface area contributed by atoms with Gasteiger partial charge in [-0.3, -0.25) is 0 Å². The molecule has 1 rings (SSSR count). The molecule has 0 aromatic heterocycles. The molecular formula is C15H20O3S. The molecular weight excluding hydrogens is 260 g/mol. The number of benzene rings is 1. The number of thioether (sulfide) groups is 1. The van der Waals surface area contributed by atoms with Crippen LogP contribution in [0, 0.1) is 0 Å². The van der Waals surface area contributed by atoms with Crippen LogP contribution in [0.25, 0.3) is 0 Å². The number of rotatable bonds is 8. The Morgan fingerprint density at radius 3 is 2.63 bits per heavy atom. The van der Waals surface area contributed by atoms with Crippen LogP contribution in [0.15, 0.2) is 41.3 Å². The van der Waals surface area contributed by atoms with E-state index in [9.17, 15) is 4.79 Å². The molecule has 4 heteroatoms. The van der Waals surface area contributed by atoms with Crippen molar-refractivity contribution in [3.63, 3.8) is 0 Å². The summed E-state index contributed by atoms with van der Waals surface area (Å²) < 4.78 is 5.20. The molecule has 0 spiro atoms. The minimum absolute atomic E-state index is 0.406. The maximum absolute atomic E-state index is 11.0. The predicted octanol–water partition coefficient (Wildman–Crippen LogP) is 3.39. The average molecular weight is 280 g/mol. The molecule has 0 saturated carbocycles. The summed E-state index contributed by atoms with van der Waals surface area (Å²) in [6.45, 7) is 4.22. The van der Waals surface area contributed by atoms with Gasteiger partial charge in [-0.05, 0) is 31.5 Å². The Labute approximate surface area is 118 Å². The second kappa shape index (κ2) is 8.77. The highest BCUT2D eigenvalue weighted by Gasteiger charge is 2.17. The number of carboxylic acids is 1. The zero-order valence-corrected chi connectivity index (χ0v) is 12.2. The van der Waals surface area contributed by atoms with E-state index in [0.717, 1.165) is 11.3 Å². The van der Waals surface area contributed by atoms with Crippen molar-refractivity contribution >= 4 is 17.7 Å². The summed E-state index contributed by atoms with van der Waals surface area (Å²) in [5.74, 6) is 0.0420. The third kappa shape index (κ3) is 5.94. The molecule has 0 amide bonds. The summed E-state index contributed by atoms with van der Waals surface area (Å²) in [7, 11) is 0. The molecule has 0 heterocycles. The Balaban J connectivity index is 2.57. The van der Waals surface area contributed by atoms with Crippen LogP contribution in [0.1, 0.15) is 19.4 Å². The van der Waals surface area contributed by atoms with Gasteiger partial charge in [0, 0.05) is 23.7 Å². The van der Waals surface area contributed by atoms with Crippen LogP contribution in [0.3, 0.4) is 0 Å². The average Bonchev–Trinajstić information content (AvgIpc) is 2.40. The van der Waals surface area contributed by atoms with Gasteiger partial charge in [0.05, 0.1) is 0 Å². The van der Waals surface area contributed by atoms with Crippen molar-refractivity contribution in [1.29, 1.82) is 0 Å². The first-order chi connectivity index (χ1) is 9.17. The molecule has 104 valence electrons. The van der Waals surface area contributed by atoms with Gasteiger partial charge in [0.2, 0.25) is 0 Å². The van der Waals surface area contributed by atoms with Crippen LogP contribution in [0.5, 0.6) is 0 Å².